The minimum Gasteiger partial charge on any atom is -0.507 e. The second kappa shape index (κ2) is 5.63. The van der Waals surface area contributed by atoms with E-state index >= 15 is 0 Å². The Morgan fingerprint density at radius 1 is 1.37 bits per heavy atom. The van der Waals surface area contributed by atoms with Gasteiger partial charge in [0.05, 0.1) is 16.4 Å². The summed E-state index contributed by atoms with van der Waals surface area (Å²) < 4.78 is 0.762. The first-order valence-electron chi connectivity index (χ1n) is 5.76. The van der Waals surface area contributed by atoms with Crippen LogP contribution in [-0.2, 0) is 6.54 Å². The van der Waals surface area contributed by atoms with Crippen molar-refractivity contribution in [1.82, 2.24) is 0 Å². The fourth-order valence-electron chi connectivity index (χ4n) is 1.82. The van der Waals surface area contributed by atoms with E-state index in [1.165, 1.54) is 18.3 Å². The molecule has 0 aliphatic rings. The monoisotopic (exact) mass is 295 g/mol. The molecule has 19 heavy (non-hydrogen) atoms. The molecule has 0 unspecified atom stereocenters. The number of halogens is 1. The smallest absolute Gasteiger partial charge is 0.163 e. The predicted octanol–water partition coefficient (Wildman–Crippen LogP) is 3.95. The summed E-state index contributed by atoms with van der Waals surface area (Å²) in [5.74, 6) is -0.127. The zero-order valence-corrected chi connectivity index (χ0v) is 12.3. The van der Waals surface area contributed by atoms with Crippen LogP contribution in [0.4, 0.5) is 5.69 Å². The number of aromatic hydroxyl groups is 1. The molecule has 3 nitrogen and oxygen atoms in total. The van der Waals surface area contributed by atoms with E-state index in [2.05, 4.69) is 0 Å². The third-order valence-electron chi connectivity index (χ3n) is 2.82. The van der Waals surface area contributed by atoms with E-state index in [1.807, 2.05) is 30.1 Å². The number of rotatable bonds is 4. The van der Waals surface area contributed by atoms with Gasteiger partial charge in [-0.2, -0.15) is 0 Å². The average Bonchev–Trinajstić information content (AvgIpc) is 2.74. The Balaban J connectivity index is 2.17. The first-order valence-corrected chi connectivity index (χ1v) is 6.96. The van der Waals surface area contributed by atoms with Crippen molar-refractivity contribution < 1.29 is 9.90 Å². The number of phenols is 1. The van der Waals surface area contributed by atoms with Crippen molar-refractivity contribution in [3.63, 3.8) is 0 Å². The van der Waals surface area contributed by atoms with Crippen LogP contribution in [0.5, 0.6) is 5.75 Å². The van der Waals surface area contributed by atoms with Crippen LogP contribution in [-0.4, -0.2) is 17.9 Å². The van der Waals surface area contributed by atoms with Gasteiger partial charge in [0.25, 0.3) is 0 Å². The summed E-state index contributed by atoms with van der Waals surface area (Å²) in [6.07, 6.45) is 0. The van der Waals surface area contributed by atoms with E-state index < -0.39 is 0 Å². The molecule has 0 amide bonds. The molecule has 0 radical (unpaired) electrons. The Morgan fingerprint density at radius 2 is 2.11 bits per heavy atom. The number of hydrogen-bond acceptors (Lipinski definition) is 4. The highest BCUT2D eigenvalue weighted by atomic mass is 35.5. The summed E-state index contributed by atoms with van der Waals surface area (Å²) in [4.78, 5) is 14.4. The van der Waals surface area contributed by atoms with Crippen LogP contribution in [0.25, 0.3) is 0 Å². The standard InChI is InChI=1S/C14H14ClNO2S/c1-9(17)12-5-3-10(7-13(12)18)16(2)8-11-4-6-14(15)19-11/h3-7,18H,8H2,1-2H3. The highest BCUT2D eigenvalue weighted by Gasteiger charge is 2.10. The van der Waals surface area contributed by atoms with E-state index in [0.717, 1.165) is 14.9 Å². The number of anilines is 1. The lowest BCUT2D eigenvalue weighted by Gasteiger charge is -2.19. The minimum absolute atomic E-state index is 0.0149. The summed E-state index contributed by atoms with van der Waals surface area (Å²) in [7, 11) is 1.93. The van der Waals surface area contributed by atoms with Crippen molar-refractivity contribution in [3.8, 4) is 5.75 Å². The van der Waals surface area contributed by atoms with Gasteiger partial charge >= 0.3 is 0 Å². The lowest BCUT2D eigenvalue weighted by atomic mass is 10.1. The number of benzene rings is 1. The average molecular weight is 296 g/mol. The van der Waals surface area contributed by atoms with E-state index in [0.29, 0.717) is 12.1 Å². The Hall–Kier alpha value is -1.52. The van der Waals surface area contributed by atoms with E-state index in [-0.39, 0.29) is 11.5 Å². The number of phenolic OH excluding ortho intramolecular Hbond substituents is 1. The number of thiophene rings is 1. The van der Waals surface area contributed by atoms with Crippen molar-refractivity contribution in [2.45, 2.75) is 13.5 Å². The van der Waals surface area contributed by atoms with Gasteiger partial charge in [0, 0.05) is 23.7 Å². The molecule has 0 saturated carbocycles. The summed E-state index contributed by atoms with van der Waals surface area (Å²) in [5, 5.41) is 9.81. The van der Waals surface area contributed by atoms with Crippen molar-refractivity contribution in [2.75, 3.05) is 11.9 Å². The second-order valence-electron chi connectivity index (χ2n) is 4.32. The maximum Gasteiger partial charge on any atom is 0.163 e. The van der Waals surface area contributed by atoms with Crippen molar-refractivity contribution in [1.29, 1.82) is 0 Å². The Kier molecular flexibility index (Phi) is 4.12. The van der Waals surface area contributed by atoms with E-state index in [4.69, 9.17) is 11.6 Å². The van der Waals surface area contributed by atoms with E-state index in [9.17, 15) is 9.90 Å². The second-order valence-corrected chi connectivity index (χ2v) is 6.12. The fraction of sp³-hybridized carbons (Fsp3) is 0.214. The van der Waals surface area contributed by atoms with E-state index in [1.54, 1.807) is 12.1 Å². The van der Waals surface area contributed by atoms with Gasteiger partial charge in [-0.15, -0.1) is 11.3 Å². The normalized spacial score (nSPS) is 10.5. The number of Topliss-reactive ketones (excluding diaryl/α,β-unsaturated/α-hetero) is 1. The molecule has 2 aromatic rings. The highest BCUT2D eigenvalue weighted by molar-refractivity contribution is 7.16. The number of nitrogens with zero attached hydrogens (tertiary/aromatic N) is 1. The molecule has 0 saturated heterocycles. The van der Waals surface area contributed by atoms with Crippen LogP contribution in [0.3, 0.4) is 0 Å². The predicted molar refractivity (Wildman–Crippen MR) is 79.5 cm³/mol. The highest BCUT2D eigenvalue weighted by Crippen LogP contribution is 2.27. The number of hydrogen-bond donors (Lipinski definition) is 1. The third kappa shape index (κ3) is 3.28. The van der Waals surface area contributed by atoms with Crippen molar-refractivity contribution in [2.24, 2.45) is 0 Å². The Bertz CT molecular complexity index is 609. The number of ketones is 1. The van der Waals surface area contributed by atoms with Crippen molar-refractivity contribution >= 4 is 34.4 Å². The molecule has 5 heteroatoms. The van der Waals surface area contributed by atoms with Gasteiger partial charge in [0.1, 0.15) is 5.75 Å². The maximum atomic E-state index is 11.3. The molecule has 2 rings (SSSR count). The molecular weight excluding hydrogens is 282 g/mol. The van der Waals surface area contributed by atoms with Gasteiger partial charge in [-0.25, -0.2) is 0 Å². The van der Waals surface area contributed by atoms with Gasteiger partial charge < -0.3 is 10.0 Å². The minimum atomic E-state index is -0.142. The fourth-order valence-corrected chi connectivity index (χ4v) is 2.96. The Morgan fingerprint density at radius 3 is 2.63 bits per heavy atom. The molecule has 1 aromatic heterocycles. The molecule has 0 aliphatic heterocycles. The number of carbonyl (C=O) groups is 1. The number of carbonyl (C=O) groups excluding carboxylic acids is 1. The maximum absolute atomic E-state index is 11.3. The molecule has 1 N–H and O–H groups in total. The molecule has 0 fully saturated rings. The van der Waals surface area contributed by atoms with Gasteiger partial charge in [-0.3, -0.25) is 4.79 Å². The molecule has 0 spiro atoms. The first kappa shape index (κ1) is 13.9. The van der Waals surface area contributed by atoms with Crippen LogP contribution < -0.4 is 4.90 Å². The summed E-state index contributed by atoms with van der Waals surface area (Å²) >= 11 is 7.42. The lowest BCUT2D eigenvalue weighted by molar-refractivity contribution is 0.101. The molecule has 0 bridgehead atoms. The van der Waals surface area contributed by atoms with Crippen LogP contribution in [0.15, 0.2) is 30.3 Å². The van der Waals surface area contributed by atoms with Crippen LogP contribution >= 0.6 is 22.9 Å². The lowest BCUT2D eigenvalue weighted by Crippen LogP contribution is -2.15. The summed E-state index contributed by atoms with van der Waals surface area (Å²) in [6, 6.07) is 8.92. The quantitative estimate of drug-likeness (QED) is 0.868. The van der Waals surface area contributed by atoms with Crippen LogP contribution in [0.1, 0.15) is 22.2 Å². The summed E-state index contributed by atoms with van der Waals surface area (Å²) in [6.45, 7) is 2.14. The topological polar surface area (TPSA) is 40.5 Å². The van der Waals surface area contributed by atoms with Crippen LogP contribution in [0, 0.1) is 0 Å². The molecule has 1 aromatic carbocycles. The van der Waals surface area contributed by atoms with Gasteiger partial charge in [0.2, 0.25) is 0 Å². The largest absolute Gasteiger partial charge is 0.507 e. The van der Waals surface area contributed by atoms with Gasteiger partial charge in [-0.1, -0.05) is 11.6 Å². The SMILES string of the molecule is CC(=O)c1ccc(N(C)Cc2ccc(Cl)s2)cc1O. The zero-order chi connectivity index (χ0) is 14.0. The van der Waals surface area contributed by atoms with Crippen LogP contribution in [0.2, 0.25) is 4.34 Å². The zero-order valence-electron chi connectivity index (χ0n) is 10.7. The third-order valence-corrected chi connectivity index (χ3v) is 4.04. The van der Waals surface area contributed by atoms with Gasteiger partial charge in [-0.05, 0) is 31.2 Å². The molecule has 1 heterocycles. The molecule has 100 valence electrons. The Labute approximate surface area is 121 Å². The summed E-state index contributed by atoms with van der Waals surface area (Å²) in [5.41, 5.74) is 1.20. The molecular formula is C14H14ClNO2S. The molecule has 0 aliphatic carbocycles. The van der Waals surface area contributed by atoms with Gasteiger partial charge in [0.15, 0.2) is 5.78 Å². The molecule has 0 atom stereocenters. The van der Waals surface area contributed by atoms with Crippen molar-refractivity contribution in [3.05, 3.63) is 45.1 Å². The first-order chi connectivity index (χ1) is 8.97.